The quantitative estimate of drug-likeness (QED) is 0.278. The van der Waals surface area contributed by atoms with Gasteiger partial charge in [0.2, 0.25) is 0 Å². The molecule has 4 heteroatoms. The van der Waals surface area contributed by atoms with Crippen molar-refractivity contribution >= 4 is 39.0 Å². The van der Waals surface area contributed by atoms with Crippen molar-refractivity contribution in [2.75, 3.05) is 4.43 Å². The Bertz CT molecular complexity index is 236. The topological polar surface area (TPSA) is 9.23 Å². The molecule has 1 nitrogen and oxygen atoms in total. The summed E-state index contributed by atoms with van der Waals surface area (Å²) in [7, 11) is -2.47. The summed E-state index contributed by atoms with van der Waals surface area (Å²) < 4.78 is 7.66. The summed E-state index contributed by atoms with van der Waals surface area (Å²) in [4.78, 5) is 0. The van der Waals surface area contributed by atoms with Crippen LogP contribution in [0.3, 0.4) is 0 Å². The summed E-state index contributed by atoms with van der Waals surface area (Å²) in [5, 5.41) is 0. The molecule has 0 aliphatic heterocycles. The SMILES string of the molecule is CC[Si](CC)(CC)O[C@H](CI)C/C=C/[Si](C)(C)C. The zero-order chi connectivity index (χ0) is 14.2. The fraction of sp³-hybridized carbons (Fsp3) is 0.857. The van der Waals surface area contributed by atoms with E-state index in [9.17, 15) is 0 Å². The summed E-state index contributed by atoms with van der Waals surface area (Å²) in [6.07, 6.45) is 3.90. The lowest BCUT2D eigenvalue weighted by Gasteiger charge is -2.32. The number of rotatable bonds is 9. The van der Waals surface area contributed by atoms with Crippen LogP contribution in [0, 0.1) is 0 Å². The van der Waals surface area contributed by atoms with Crippen molar-refractivity contribution in [1.82, 2.24) is 0 Å². The molecule has 0 rings (SSSR count). The lowest BCUT2D eigenvalue weighted by molar-refractivity contribution is 0.216. The molecule has 0 aliphatic rings. The fourth-order valence-corrected chi connectivity index (χ4v) is 6.68. The molecule has 0 saturated heterocycles. The van der Waals surface area contributed by atoms with Crippen molar-refractivity contribution in [3.8, 4) is 0 Å². The molecule has 0 N–H and O–H groups in total. The lowest BCUT2D eigenvalue weighted by Crippen LogP contribution is -2.40. The highest BCUT2D eigenvalue weighted by Gasteiger charge is 2.31. The zero-order valence-electron chi connectivity index (χ0n) is 13.1. The molecule has 0 aromatic rings. The van der Waals surface area contributed by atoms with Crippen molar-refractivity contribution < 1.29 is 4.43 Å². The van der Waals surface area contributed by atoms with Crippen LogP contribution in [0.2, 0.25) is 37.8 Å². The van der Waals surface area contributed by atoms with E-state index in [1.807, 2.05) is 0 Å². The molecule has 108 valence electrons. The third-order valence-electron chi connectivity index (χ3n) is 3.54. The maximum Gasteiger partial charge on any atom is 0.192 e. The summed E-state index contributed by atoms with van der Waals surface area (Å²) in [5.74, 6) is 0. The normalized spacial score (nSPS) is 15.3. The summed E-state index contributed by atoms with van der Waals surface area (Å²) in [6.45, 7) is 14.1. The molecular formula is C14H31IOSi2. The molecule has 0 unspecified atom stereocenters. The van der Waals surface area contributed by atoms with Crippen molar-refractivity contribution in [2.45, 2.75) is 71.1 Å². The molecule has 0 radical (unpaired) electrons. The van der Waals surface area contributed by atoms with E-state index in [-0.39, 0.29) is 0 Å². The molecule has 0 aromatic carbocycles. The first-order valence-electron chi connectivity index (χ1n) is 7.24. The maximum atomic E-state index is 6.55. The Morgan fingerprint density at radius 2 is 1.56 bits per heavy atom. The molecule has 0 aromatic heterocycles. The van der Waals surface area contributed by atoms with Gasteiger partial charge in [-0.2, -0.15) is 0 Å². The number of hydrogen-bond acceptors (Lipinski definition) is 1. The third-order valence-corrected chi connectivity index (χ3v) is 10.5. The monoisotopic (exact) mass is 398 g/mol. The van der Waals surface area contributed by atoms with E-state index >= 15 is 0 Å². The zero-order valence-corrected chi connectivity index (χ0v) is 17.2. The molecular weight excluding hydrogens is 367 g/mol. The minimum atomic E-state index is -1.42. The van der Waals surface area contributed by atoms with Gasteiger partial charge in [0, 0.05) is 4.43 Å². The Kier molecular flexibility index (Phi) is 9.35. The van der Waals surface area contributed by atoms with E-state index in [4.69, 9.17) is 4.43 Å². The van der Waals surface area contributed by atoms with Crippen molar-refractivity contribution in [3.05, 3.63) is 11.8 Å². The Morgan fingerprint density at radius 3 is 1.89 bits per heavy atom. The van der Waals surface area contributed by atoms with E-state index in [0.29, 0.717) is 6.10 Å². The van der Waals surface area contributed by atoms with Crippen LogP contribution >= 0.6 is 22.6 Å². The van der Waals surface area contributed by atoms with Gasteiger partial charge in [0.25, 0.3) is 0 Å². The van der Waals surface area contributed by atoms with Gasteiger partial charge in [-0.3, -0.25) is 0 Å². The minimum Gasteiger partial charge on any atom is -0.413 e. The van der Waals surface area contributed by atoms with Gasteiger partial charge >= 0.3 is 0 Å². The number of halogens is 1. The lowest BCUT2D eigenvalue weighted by atomic mass is 10.3. The Morgan fingerprint density at radius 1 is 1.06 bits per heavy atom. The molecule has 0 aliphatic carbocycles. The molecule has 18 heavy (non-hydrogen) atoms. The van der Waals surface area contributed by atoms with Gasteiger partial charge in [-0.25, -0.2) is 0 Å². The highest BCUT2D eigenvalue weighted by atomic mass is 127. The van der Waals surface area contributed by atoms with E-state index < -0.39 is 16.4 Å². The standard InChI is InChI=1S/C14H31IOSi2/c1-7-18(8-2,9-3)16-14(13-15)11-10-12-17(4,5)6/h10,12,14H,7-9,11,13H2,1-6H3/b12-10+/t14-/m0/s1. The van der Waals surface area contributed by atoms with Crippen LogP contribution in [-0.2, 0) is 4.43 Å². The van der Waals surface area contributed by atoms with Crippen LogP contribution in [0.25, 0.3) is 0 Å². The highest BCUT2D eigenvalue weighted by Crippen LogP contribution is 2.25. The van der Waals surface area contributed by atoms with Gasteiger partial charge in [-0.1, -0.05) is 74.8 Å². The van der Waals surface area contributed by atoms with Crippen LogP contribution < -0.4 is 0 Å². The fourth-order valence-electron chi connectivity index (χ4n) is 2.07. The van der Waals surface area contributed by atoms with Gasteiger partial charge in [0.15, 0.2) is 8.32 Å². The Hall–Kier alpha value is 0.864. The molecule has 0 amide bonds. The van der Waals surface area contributed by atoms with Crippen LogP contribution in [0.5, 0.6) is 0 Å². The summed E-state index contributed by atoms with van der Waals surface area (Å²) in [6, 6.07) is 3.76. The van der Waals surface area contributed by atoms with E-state index in [1.54, 1.807) is 0 Å². The number of hydrogen-bond donors (Lipinski definition) is 0. The predicted molar refractivity (Wildman–Crippen MR) is 98.1 cm³/mol. The second-order valence-corrected chi connectivity index (χ2v) is 16.8. The van der Waals surface area contributed by atoms with Gasteiger partial charge in [-0.15, -0.1) is 0 Å². The average Bonchev–Trinajstić information content (AvgIpc) is 2.33. The van der Waals surface area contributed by atoms with Crippen molar-refractivity contribution in [2.24, 2.45) is 0 Å². The highest BCUT2D eigenvalue weighted by molar-refractivity contribution is 14.1. The maximum absolute atomic E-state index is 6.55. The van der Waals surface area contributed by atoms with Crippen LogP contribution in [-0.4, -0.2) is 26.9 Å². The van der Waals surface area contributed by atoms with Crippen LogP contribution in [0.4, 0.5) is 0 Å². The van der Waals surface area contributed by atoms with E-state index in [2.05, 4.69) is 74.8 Å². The second kappa shape index (κ2) is 8.92. The third kappa shape index (κ3) is 7.45. The number of alkyl halides is 1. The van der Waals surface area contributed by atoms with Crippen molar-refractivity contribution in [3.63, 3.8) is 0 Å². The summed E-state index contributed by atoms with van der Waals surface area (Å²) in [5.41, 5.74) is 2.45. The molecule has 0 saturated carbocycles. The van der Waals surface area contributed by atoms with Gasteiger partial charge in [-0.05, 0) is 24.6 Å². The molecule has 1 atom stereocenters. The first-order chi connectivity index (χ1) is 8.32. The summed E-state index contributed by atoms with van der Waals surface area (Å²) >= 11 is 2.47. The van der Waals surface area contributed by atoms with Crippen molar-refractivity contribution in [1.29, 1.82) is 0 Å². The first-order valence-corrected chi connectivity index (χ1v) is 14.9. The molecule has 0 spiro atoms. The molecule has 0 heterocycles. The van der Waals surface area contributed by atoms with Crippen LogP contribution in [0.15, 0.2) is 11.8 Å². The Balaban J connectivity index is 4.47. The minimum absolute atomic E-state index is 0.435. The smallest absolute Gasteiger partial charge is 0.192 e. The average molecular weight is 398 g/mol. The Labute approximate surface area is 130 Å². The van der Waals surface area contributed by atoms with Crippen LogP contribution in [0.1, 0.15) is 27.2 Å². The predicted octanol–water partition coefficient (Wildman–Crippen LogP) is 5.64. The van der Waals surface area contributed by atoms with E-state index in [0.717, 1.165) is 10.8 Å². The van der Waals surface area contributed by atoms with E-state index in [1.165, 1.54) is 18.1 Å². The largest absolute Gasteiger partial charge is 0.413 e. The second-order valence-electron chi connectivity index (χ2n) is 6.14. The first kappa shape index (κ1) is 18.9. The van der Waals surface area contributed by atoms with Gasteiger partial charge in [0.1, 0.15) is 0 Å². The molecule has 0 fully saturated rings. The van der Waals surface area contributed by atoms with Gasteiger partial charge < -0.3 is 4.43 Å². The van der Waals surface area contributed by atoms with Gasteiger partial charge in [0.05, 0.1) is 14.2 Å². The molecule has 0 bridgehead atoms.